The number of aromatic amines is 1. The number of H-pyrrole nitrogens is 1. The quantitative estimate of drug-likeness (QED) is 0.670. The van der Waals surface area contributed by atoms with Crippen molar-refractivity contribution in [1.82, 2.24) is 5.16 Å². The van der Waals surface area contributed by atoms with Gasteiger partial charge in [-0.2, -0.15) is 0 Å². The molecule has 0 atom stereocenters. The van der Waals surface area contributed by atoms with E-state index in [2.05, 4.69) is 9.68 Å². The van der Waals surface area contributed by atoms with Crippen LogP contribution in [0.4, 0.5) is 5.69 Å². The number of rotatable bonds is 1. The molecule has 4 nitrogen and oxygen atoms in total. The summed E-state index contributed by atoms with van der Waals surface area (Å²) in [6.45, 7) is 1.71. The van der Waals surface area contributed by atoms with Gasteiger partial charge >= 0.3 is 5.63 Å². The molecule has 72 valence electrons. The van der Waals surface area contributed by atoms with Gasteiger partial charge in [0.05, 0.1) is 11.3 Å². The van der Waals surface area contributed by atoms with Crippen LogP contribution in [0.2, 0.25) is 0 Å². The van der Waals surface area contributed by atoms with Gasteiger partial charge in [0.2, 0.25) is 0 Å². The Hall–Kier alpha value is -1.97. The van der Waals surface area contributed by atoms with E-state index in [-0.39, 0.29) is 5.63 Å². The maximum absolute atomic E-state index is 11.1. The zero-order valence-electron chi connectivity index (χ0n) is 7.70. The predicted octanol–water partition coefficient (Wildman–Crippen LogP) is 1.53. The van der Waals surface area contributed by atoms with Gasteiger partial charge in [0.15, 0.2) is 0 Å². The smallest absolute Gasteiger partial charge is 0.360 e. The topological polar surface area (TPSA) is 72.0 Å². The van der Waals surface area contributed by atoms with Gasteiger partial charge in [-0.25, -0.2) is 9.95 Å². The van der Waals surface area contributed by atoms with Gasteiger partial charge in [-0.1, -0.05) is 12.1 Å². The third-order valence-electron chi connectivity index (χ3n) is 2.10. The molecule has 0 fully saturated rings. The van der Waals surface area contributed by atoms with Crippen molar-refractivity contribution >= 4 is 5.69 Å². The zero-order valence-corrected chi connectivity index (χ0v) is 7.70. The van der Waals surface area contributed by atoms with E-state index in [1.165, 1.54) is 0 Å². The minimum atomic E-state index is -0.345. The first-order valence-corrected chi connectivity index (χ1v) is 4.22. The molecule has 0 saturated carbocycles. The summed E-state index contributed by atoms with van der Waals surface area (Å²) in [7, 11) is 0. The van der Waals surface area contributed by atoms with Crippen molar-refractivity contribution in [3.8, 4) is 11.3 Å². The number of hydrogen-bond acceptors (Lipinski definition) is 3. The summed E-state index contributed by atoms with van der Waals surface area (Å²) in [6.07, 6.45) is 0. The van der Waals surface area contributed by atoms with E-state index in [0.717, 1.165) is 5.56 Å². The molecule has 3 N–H and O–H groups in total. The Balaban J connectivity index is 2.60. The predicted molar refractivity (Wildman–Crippen MR) is 53.9 cm³/mol. The standard InChI is InChI=1S/C10H10N2O2/c1-6-9(12-14-10(6)13)7-3-2-4-8(11)5-7/h2-5,12H,11H2,1H3. The second kappa shape index (κ2) is 3.06. The van der Waals surface area contributed by atoms with Crippen molar-refractivity contribution in [2.45, 2.75) is 6.92 Å². The molecule has 0 amide bonds. The average Bonchev–Trinajstić information content (AvgIpc) is 2.48. The molecule has 0 radical (unpaired) electrons. The number of aromatic nitrogens is 1. The summed E-state index contributed by atoms with van der Waals surface area (Å²) in [6, 6.07) is 7.27. The van der Waals surface area contributed by atoms with E-state index < -0.39 is 0 Å². The van der Waals surface area contributed by atoms with E-state index in [0.29, 0.717) is 16.9 Å². The number of nitrogen functional groups attached to an aromatic ring is 1. The van der Waals surface area contributed by atoms with E-state index in [1.54, 1.807) is 19.1 Å². The normalized spacial score (nSPS) is 10.4. The first-order chi connectivity index (χ1) is 6.68. The lowest BCUT2D eigenvalue weighted by atomic mass is 10.1. The summed E-state index contributed by atoms with van der Waals surface area (Å²) >= 11 is 0. The Labute approximate surface area is 80.3 Å². The fourth-order valence-corrected chi connectivity index (χ4v) is 1.32. The molecule has 0 aliphatic heterocycles. The highest BCUT2D eigenvalue weighted by atomic mass is 16.5. The summed E-state index contributed by atoms with van der Waals surface area (Å²) in [5.41, 5.74) is 8.04. The Kier molecular flexibility index (Phi) is 1.89. The van der Waals surface area contributed by atoms with Crippen LogP contribution in [0, 0.1) is 6.92 Å². The van der Waals surface area contributed by atoms with Gasteiger partial charge in [-0.05, 0) is 19.1 Å². The highest BCUT2D eigenvalue weighted by Gasteiger charge is 2.08. The summed E-state index contributed by atoms with van der Waals surface area (Å²) in [4.78, 5) is 11.1. The van der Waals surface area contributed by atoms with Gasteiger partial charge in [0, 0.05) is 11.3 Å². The molecule has 0 spiro atoms. The van der Waals surface area contributed by atoms with Crippen molar-refractivity contribution < 1.29 is 4.52 Å². The highest BCUT2D eigenvalue weighted by molar-refractivity contribution is 5.65. The van der Waals surface area contributed by atoms with Gasteiger partial charge in [-0.15, -0.1) is 0 Å². The first-order valence-electron chi connectivity index (χ1n) is 4.22. The van der Waals surface area contributed by atoms with Crippen molar-refractivity contribution in [2.24, 2.45) is 0 Å². The van der Waals surface area contributed by atoms with Crippen LogP contribution in [0.5, 0.6) is 0 Å². The summed E-state index contributed by atoms with van der Waals surface area (Å²) < 4.78 is 4.67. The fraction of sp³-hybridized carbons (Fsp3) is 0.100. The Bertz CT molecular complexity index is 511. The molecule has 14 heavy (non-hydrogen) atoms. The van der Waals surface area contributed by atoms with Crippen LogP contribution < -0.4 is 11.4 Å². The molecule has 1 aromatic carbocycles. The third kappa shape index (κ3) is 1.31. The second-order valence-corrected chi connectivity index (χ2v) is 3.12. The van der Waals surface area contributed by atoms with Crippen LogP contribution >= 0.6 is 0 Å². The van der Waals surface area contributed by atoms with Crippen LogP contribution in [0.1, 0.15) is 5.56 Å². The number of nitrogens with two attached hydrogens (primary N) is 1. The lowest BCUT2D eigenvalue weighted by Gasteiger charge is -1.98. The maximum atomic E-state index is 11.1. The van der Waals surface area contributed by atoms with E-state index in [1.807, 2.05) is 12.1 Å². The van der Waals surface area contributed by atoms with Gasteiger partial charge < -0.3 is 10.3 Å². The maximum Gasteiger partial charge on any atom is 0.360 e. The minimum absolute atomic E-state index is 0.345. The lowest BCUT2D eigenvalue weighted by molar-refractivity contribution is 0.393. The van der Waals surface area contributed by atoms with Crippen LogP contribution in [0.15, 0.2) is 33.6 Å². The van der Waals surface area contributed by atoms with Crippen LogP contribution in [-0.4, -0.2) is 5.16 Å². The van der Waals surface area contributed by atoms with Crippen molar-refractivity contribution in [1.29, 1.82) is 0 Å². The number of anilines is 1. The first kappa shape index (κ1) is 8.62. The van der Waals surface area contributed by atoms with Gasteiger partial charge in [0.25, 0.3) is 0 Å². The monoisotopic (exact) mass is 190 g/mol. The van der Waals surface area contributed by atoms with Crippen LogP contribution in [0.3, 0.4) is 0 Å². The van der Waals surface area contributed by atoms with Crippen LogP contribution in [0.25, 0.3) is 11.3 Å². The molecule has 2 aromatic rings. The van der Waals surface area contributed by atoms with Gasteiger partial charge in [0.1, 0.15) is 0 Å². The number of benzene rings is 1. The fourth-order valence-electron chi connectivity index (χ4n) is 1.32. The van der Waals surface area contributed by atoms with E-state index in [4.69, 9.17) is 5.73 Å². The molecule has 4 heteroatoms. The van der Waals surface area contributed by atoms with E-state index >= 15 is 0 Å². The number of nitrogens with one attached hydrogen (secondary N) is 1. The number of hydrogen-bond donors (Lipinski definition) is 2. The van der Waals surface area contributed by atoms with Crippen molar-refractivity contribution in [3.63, 3.8) is 0 Å². The average molecular weight is 190 g/mol. The van der Waals surface area contributed by atoms with Crippen molar-refractivity contribution in [3.05, 3.63) is 40.2 Å². The molecular weight excluding hydrogens is 180 g/mol. The molecular formula is C10H10N2O2. The highest BCUT2D eigenvalue weighted by Crippen LogP contribution is 2.20. The Morgan fingerprint density at radius 1 is 1.43 bits per heavy atom. The Morgan fingerprint density at radius 3 is 2.79 bits per heavy atom. The molecule has 2 rings (SSSR count). The molecule has 0 bridgehead atoms. The molecule has 0 aliphatic rings. The SMILES string of the molecule is Cc1c(-c2cccc(N)c2)[nH]oc1=O. The summed E-state index contributed by atoms with van der Waals surface area (Å²) in [5, 5.41) is 2.57. The Morgan fingerprint density at radius 2 is 2.21 bits per heavy atom. The largest absolute Gasteiger partial charge is 0.399 e. The molecule has 0 unspecified atom stereocenters. The van der Waals surface area contributed by atoms with Crippen molar-refractivity contribution in [2.75, 3.05) is 5.73 Å². The molecule has 0 saturated heterocycles. The summed E-state index contributed by atoms with van der Waals surface area (Å²) in [5.74, 6) is 0. The van der Waals surface area contributed by atoms with E-state index in [9.17, 15) is 4.79 Å². The third-order valence-corrected chi connectivity index (χ3v) is 2.10. The van der Waals surface area contributed by atoms with Crippen LogP contribution in [-0.2, 0) is 0 Å². The zero-order chi connectivity index (χ0) is 10.1. The minimum Gasteiger partial charge on any atom is -0.399 e. The van der Waals surface area contributed by atoms with Gasteiger partial charge in [-0.3, -0.25) is 0 Å². The molecule has 1 heterocycles. The second-order valence-electron chi connectivity index (χ2n) is 3.12. The molecule has 0 aliphatic carbocycles. The lowest BCUT2D eigenvalue weighted by Crippen LogP contribution is -1.95. The molecule has 1 aromatic heterocycles.